The Morgan fingerprint density at radius 3 is 1.29 bits per heavy atom. The molecule has 0 atom stereocenters. The van der Waals surface area contributed by atoms with Gasteiger partial charge in [-0.25, -0.2) is 0 Å². The van der Waals surface area contributed by atoms with Crippen LogP contribution >= 0.6 is 22.6 Å². The van der Waals surface area contributed by atoms with Crippen LogP contribution in [0.15, 0.2) is 41.4 Å². The van der Waals surface area contributed by atoms with Crippen molar-refractivity contribution in [2.45, 2.75) is 290 Å². The second kappa shape index (κ2) is 45.5. The van der Waals surface area contributed by atoms with Gasteiger partial charge >= 0.3 is 5.97 Å². The molecule has 2 aromatic carbocycles. The summed E-state index contributed by atoms with van der Waals surface area (Å²) in [4.78, 5) is 25.5. The second-order valence-corrected chi connectivity index (χ2v) is 23.1. The van der Waals surface area contributed by atoms with Crippen molar-refractivity contribution in [3.63, 3.8) is 0 Å². The van der Waals surface area contributed by atoms with Crippen LogP contribution in [0.2, 0.25) is 0 Å². The van der Waals surface area contributed by atoms with Crippen molar-refractivity contribution in [2.75, 3.05) is 31.8 Å². The average molecular weight is 1280 g/mol. The van der Waals surface area contributed by atoms with E-state index < -0.39 is 5.97 Å². The fourth-order valence-electron chi connectivity index (χ4n) is 11.8. The Balaban J connectivity index is 0.000000682. The normalized spacial score (nSPS) is 13.6. The summed E-state index contributed by atoms with van der Waals surface area (Å²) in [5, 5.41) is 7.91. The number of ether oxygens (including phenoxy) is 3. The third kappa shape index (κ3) is 26.8. The Hall–Kier alpha value is -2.22. The van der Waals surface area contributed by atoms with Crippen LogP contribution in [0.25, 0.3) is 0 Å². The molecular weight excluding hydrogens is 1170 g/mol. The van der Waals surface area contributed by atoms with E-state index in [0.717, 1.165) is 11.5 Å². The minimum atomic E-state index is -0.718. The lowest BCUT2D eigenvalue weighted by molar-refractivity contribution is -0.442. The number of unbranched alkanes of at least 4 members (excludes halogenated alkanes) is 28. The molecule has 2 aliphatic heterocycles. The molecule has 0 radical (unpaired) electrons. The highest BCUT2D eigenvalue weighted by molar-refractivity contribution is 14.1. The van der Waals surface area contributed by atoms with Gasteiger partial charge in [0.05, 0.1) is 31.7 Å². The van der Waals surface area contributed by atoms with Crippen LogP contribution in [0.1, 0.15) is 290 Å². The maximum Gasteiger partial charge on any atom is 0.304 e. The molecule has 8 nitrogen and oxygen atoms in total. The number of methoxy groups -OCH3 is 2. The van der Waals surface area contributed by atoms with E-state index in [4.69, 9.17) is 24.3 Å². The van der Waals surface area contributed by atoms with Crippen LogP contribution in [0.4, 0.5) is 11.4 Å². The molecule has 2 heterocycles. The molecule has 2 aromatic rings. The van der Waals surface area contributed by atoms with Gasteiger partial charge in [0.2, 0.25) is 5.69 Å². The molecule has 4 rings (SSSR count). The number of nitrogens with zero attached hydrogens (tertiary/aromatic N) is 2. The zero-order valence-corrected chi connectivity index (χ0v) is 54.3. The summed E-state index contributed by atoms with van der Waals surface area (Å²) in [7, 11) is 3.55. The van der Waals surface area contributed by atoms with E-state index in [1.807, 2.05) is 22.6 Å². The maximum atomic E-state index is 10.8. The van der Waals surface area contributed by atoms with Crippen molar-refractivity contribution < 1.29 is 57.5 Å². The molecule has 0 saturated carbocycles. The Morgan fingerprint density at radius 1 is 0.566 bits per heavy atom. The fraction of sp³-hybridized carbons (Fsp3) is 0.758. The third-order valence-corrected chi connectivity index (χ3v) is 17.0. The van der Waals surface area contributed by atoms with Crippen molar-refractivity contribution in [1.29, 1.82) is 0 Å². The SMILES string of the molecule is CCCCCCCCCCC1(CCCCCCCCCC)C(C)=Nc2ccc(OC)cc21.CCCCCCCCCCC1(CCCCCCCCCC)C(C)=[N+](CCOC=O)c2ccc(OC)cc21.O=C(O)CCI.[I-]. The molecule has 76 heavy (non-hydrogen) atoms. The zero-order valence-electron chi connectivity index (χ0n) is 50.0. The van der Waals surface area contributed by atoms with Crippen LogP contribution in [0.3, 0.4) is 0 Å². The quantitative estimate of drug-likeness (QED) is 0.0233. The lowest BCUT2D eigenvalue weighted by Gasteiger charge is -2.32. The molecule has 0 saturated heterocycles. The van der Waals surface area contributed by atoms with E-state index >= 15 is 0 Å². The lowest BCUT2D eigenvalue weighted by Crippen LogP contribution is -3.00. The summed E-state index contributed by atoms with van der Waals surface area (Å²) >= 11 is 2.02. The van der Waals surface area contributed by atoms with Gasteiger partial charge in [-0.15, -0.1) is 0 Å². The monoisotopic (exact) mass is 1280 g/mol. The zero-order chi connectivity index (χ0) is 54.8. The van der Waals surface area contributed by atoms with Crippen molar-refractivity contribution in [3.05, 3.63) is 47.5 Å². The molecule has 0 amide bonds. The summed E-state index contributed by atoms with van der Waals surface area (Å²) in [5.74, 6) is 1.20. The van der Waals surface area contributed by atoms with E-state index in [9.17, 15) is 9.59 Å². The van der Waals surface area contributed by atoms with E-state index in [2.05, 4.69) is 82.5 Å². The van der Waals surface area contributed by atoms with Crippen LogP contribution in [-0.2, 0) is 25.2 Å². The molecule has 1 N–H and O–H groups in total. The maximum absolute atomic E-state index is 10.8. The molecule has 10 heteroatoms. The molecule has 2 aliphatic rings. The average Bonchev–Trinajstić information content (AvgIpc) is 3.82. The molecule has 0 bridgehead atoms. The lowest BCUT2D eigenvalue weighted by atomic mass is 9.70. The molecule has 436 valence electrons. The van der Waals surface area contributed by atoms with Crippen molar-refractivity contribution in [3.8, 4) is 11.5 Å². The fourth-order valence-corrected chi connectivity index (χ4v) is 12.3. The van der Waals surface area contributed by atoms with Gasteiger partial charge in [0.25, 0.3) is 6.47 Å². The predicted molar refractivity (Wildman–Crippen MR) is 330 cm³/mol. The standard InChI is InChI=1S/C33H56NO3.C30H51NO.C3H5IO2.HI/c1-5-7-9-11-13-15-17-19-23-33(24-20-18-16-14-12-10-8-6-2)29(3)34(25-26-37-28-35)32-22-21-30(36-4)27-31(32)33;1-5-7-9-11-13-15-17-19-23-30(24-20-18-16-14-12-10-8-6-2)26(3)31-29-22-21-27(32-4)25-28(29)30;4-2-1-3(5)6;/h21-22,27-28H,5-20,23-26H2,1-4H3;21-22,25H,5-20,23-24H2,1-4H3;1-2H2,(H,5,6);1H/q+1;;;/p-1. The van der Waals surface area contributed by atoms with E-state index in [1.165, 1.54) is 265 Å². The number of benzene rings is 2. The number of hydrogen-bond acceptors (Lipinski definition) is 6. The first-order valence-electron chi connectivity index (χ1n) is 31.0. The first-order valence-corrected chi connectivity index (χ1v) is 32.5. The predicted octanol–water partition coefficient (Wildman–Crippen LogP) is 17.3. The van der Waals surface area contributed by atoms with Gasteiger partial charge in [-0.3, -0.25) is 14.6 Å². The summed E-state index contributed by atoms with van der Waals surface area (Å²) in [6.45, 7) is 15.5. The van der Waals surface area contributed by atoms with Crippen LogP contribution < -0.4 is 33.5 Å². The van der Waals surface area contributed by atoms with Gasteiger partial charge in [0.15, 0.2) is 12.3 Å². The van der Waals surface area contributed by atoms with Crippen molar-refractivity contribution >= 4 is 57.8 Å². The number of carboxylic acid groups (broad SMARTS) is 1. The van der Waals surface area contributed by atoms with Gasteiger partial charge in [0, 0.05) is 34.1 Å². The van der Waals surface area contributed by atoms with Gasteiger partial charge in [-0.05, 0) is 68.5 Å². The highest BCUT2D eigenvalue weighted by Crippen LogP contribution is 2.49. The van der Waals surface area contributed by atoms with Gasteiger partial charge in [0.1, 0.15) is 18.1 Å². The molecular formula is C66H112I2N2O6. The highest BCUT2D eigenvalue weighted by atomic mass is 127. The van der Waals surface area contributed by atoms with Crippen LogP contribution in [0, 0.1) is 0 Å². The van der Waals surface area contributed by atoms with Crippen LogP contribution in [0.5, 0.6) is 11.5 Å². The summed E-state index contributed by atoms with van der Waals surface area (Å²) in [5.41, 5.74) is 8.25. The Kier molecular flexibility index (Phi) is 43.0. The van der Waals surface area contributed by atoms with Crippen molar-refractivity contribution in [2.24, 2.45) is 4.99 Å². The van der Waals surface area contributed by atoms with Gasteiger partial charge in [-0.2, -0.15) is 4.58 Å². The number of halogens is 2. The number of carbonyl (C=O) groups is 2. The van der Waals surface area contributed by atoms with Crippen molar-refractivity contribution in [1.82, 2.24) is 0 Å². The van der Waals surface area contributed by atoms with Gasteiger partial charge < -0.3 is 43.3 Å². The Bertz CT molecular complexity index is 1820. The summed E-state index contributed by atoms with van der Waals surface area (Å²) in [6, 6.07) is 13.1. The van der Waals surface area contributed by atoms with Crippen LogP contribution in [-0.4, -0.2) is 65.3 Å². The molecule has 0 fully saturated rings. The summed E-state index contributed by atoms with van der Waals surface area (Å²) < 4.78 is 19.5. The molecule has 0 unspecified atom stereocenters. The van der Waals surface area contributed by atoms with E-state index in [-0.39, 0.29) is 41.2 Å². The largest absolute Gasteiger partial charge is 1.00 e. The van der Waals surface area contributed by atoms with E-state index in [0.29, 0.717) is 24.1 Å². The first kappa shape index (κ1) is 71.8. The molecule has 0 aliphatic carbocycles. The number of alkyl halides is 1. The second-order valence-electron chi connectivity index (χ2n) is 22.1. The number of fused-ring (bicyclic) bond motifs is 2. The number of carbonyl (C=O) groups excluding carboxylic acids is 1. The Morgan fingerprint density at radius 2 is 0.934 bits per heavy atom. The number of aliphatic imine (C=N–C) groups is 1. The number of aliphatic carboxylic acids is 1. The first-order chi connectivity index (χ1) is 36.6. The minimum Gasteiger partial charge on any atom is -1.00 e. The minimum absolute atomic E-state index is 0. The van der Waals surface area contributed by atoms with E-state index in [1.54, 1.807) is 14.2 Å². The topological polar surface area (TPSA) is 97.4 Å². The molecule has 0 spiro atoms. The third-order valence-electron chi connectivity index (χ3n) is 16.4. The number of rotatable bonds is 44. The number of hydrogen-bond donors (Lipinski definition) is 1. The molecule has 0 aromatic heterocycles. The Labute approximate surface area is 497 Å². The summed E-state index contributed by atoms with van der Waals surface area (Å²) in [6.07, 6.45) is 48.7. The number of carboxylic acids is 1. The smallest absolute Gasteiger partial charge is 0.304 e. The van der Waals surface area contributed by atoms with Gasteiger partial charge in [-0.1, -0.05) is 256 Å². The highest BCUT2D eigenvalue weighted by Gasteiger charge is 2.49.